The number of hydrogen-bond donors (Lipinski definition) is 0. The van der Waals surface area contributed by atoms with E-state index in [-0.39, 0.29) is 0 Å². The molecular formula is C11H17NOS. The van der Waals surface area contributed by atoms with Gasteiger partial charge in [0.25, 0.3) is 0 Å². The number of aromatic nitrogens is 1. The fourth-order valence-corrected chi connectivity index (χ4v) is 2.21. The van der Waals surface area contributed by atoms with Gasteiger partial charge >= 0.3 is 0 Å². The molecule has 0 radical (unpaired) electrons. The van der Waals surface area contributed by atoms with Gasteiger partial charge < -0.3 is 0 Å². The minimum absolute atomic E-state index is 0.325. The Morgan fingerprint density at radius 3 is 2.79 bits per heavy atom. The van der Waals surface area contributed by atoms with Gasteiger partial charge in [-0.05, 0) is 12.3 Å². The molecule has 0 aromatic carbocycles. The molecule has 0 unspecified atom stereocenters. The largest absolute Gasteiger partial charge is 0.299 e. The summed E-state index contributed by atoms with van der Waals surface area (Å²) < 4.78 is 0. The van der Waals surface area contributed by atoms with Crippen LogP contribution in [0.15, 0.2) is 6.20 Å². The molecule has 1 aromatic rings. The van der Waals surface area contributed by atoms with Crippen molar-refractivity contribution in [2.75, 3.05) is 0 Å². The fourth-order valence-electron chi connectivity index (χ4n) is 1.32. The van der Waals surface area contributed by atoms with Crippen LogP contribution >= 0.6 is 11.3 Å². The van der Waals surface area contributed by atoms with Gasteiger partial charge in [0, 0.05) is 23.9 Å². The number of ketones is 1. The molecule has 3 heteroatoms. The summed E-state index contributed by atoms with van der Waals surface area (Å²) in [6.45, 7) is 6.22. The van der Waals surface area contributed by atoms with Gasteiger partial charge in [-0.1, -0.05) is 20.8 Å². The van der Waals surface area contributed by atoms with E-state index < -0.39 is 0 Å². The summed E-state index contributed by atoms with van der Waals surface area (Å²) in [6.07, 6.45) is 4.04. The molecule has 0 saturated carbocycles. The maximum Gasteiger partial charge on any atom is 0.138 e. The first-order valence-electron chi connectivity index (χ1n) is 5.07. The van der Waals surface area contributed by atoms with E-state index in [0.29, 0.717) is 24.5 Å². The summed E-state index contributed by atoms with van der Waals surface area (Å²) in [5.41, 5.74) is 0. The van der Waals surface area contributed by atoms with E-state index in [2.05, 4.69) is 25.8 Å². The van der Waals surface area contributed by atoms with Crippen LogP contribution in [-0.4, -0.2) is 10.8 Å². The Balaban J connectivity index is 2.47. The van der Waals surface area contributed by atoms with Crippen LogP contribution in [0, 0.1) is 5.92 Å². The lowest BCUT2D eigenvalue weighted by Crippen LogP contribution is -2.04. The number of rotatable bonds is 5. The molecule has 1 aromatic heterocycles. The molecule has 0 aliphatic carbocycles. The standard InChI is InChI=1S/C11H17NOS/c1-4-11-12-7-10(14-11)6-9(13)5-8(2)3/h7-8H,4-6H2,1-3H3. The lowest BCUT2D eigenvalue weighted by atomic mass is 10.1. The number of nitrogens with zero attached hydrogens (tertiary/aromatic N) is 1. The average molecular weight is 211 g/mol. The van der Waals surface area contributed by atoms with Gasteiger partial charge in [0.15, 0.2) is 0 Å². The Morgan fingerprint density at radius 2 is 2.29 bits per heavy atom. The molecule has 0 atom stereocenters. The molecule has 0 saturated heterocycles. The third-order valence-electron chi connectivity index (χ3n) is 1.91. The van der Waals surface area contributed by atoms with Crippen molar-refractivity contribution in [2.24, 2.45) is 5.92 Å². The molecule has 0 bridgehead atoms. The zero-order valence-electron chi connectivity index (χ0n) is 9.04. The van der Waals surface area contributed by atoms with Gasteiger partial charge in [0.05, 0.1) is 5.01 Å². The fraction of sp³-hybridized carbons (Fsp3) is 0.636. The van der Waals surface area contributed by atoms with Crippen LogP contribution in [0.3, 0.4) is 0 Å². The summed E-state index contributed by atoms with van der Waals surface area (Å²) in [5, 5.41) is 1.12. The molecular weight excluding hydrogens is 194 g/mol. The highest BCUT2D eigenvalue weighted by atomic mass is 32.1. The second-order valence-electron chi connectivity index (χ2n) is 3.89. The minimum atomic E-state index is 0.325. The third kappa shape index (κ3) is 3.58. The van der Waals surface area contributed by atoms with Crippen LogP contribution in [0.4, 0.5) is 0 Å². The lowest BCUT2D eigenvalue weighted by molar-refractivity contribution is -0.119. The normalized spacial score (nSPS) is 10.9. The Morgan fingerprint density at radius 1 is 1.57 bits per heavy atom. The van der Waals surface area contributed by atoms with Crippen LogP contribution in [-0.2, 0) is 17.6 Å². The second-order valence-corrected chi connectivity index (χ2v) is 5.09. The first-order chi connectivity index (χ1) is 6.61. The summed E-state index contributed by atoms with van der Waals surface area (Å²) in [6, 6.07) is 0. The van der Waals surface area contributed by atoms with Crippen LogP contribution in [0.2, 0.25) is 0 Å². The van der Waals surface area contributed by atoms with Crippen LogP contribution < -0.4 is 0 Å². The first-order valence-corrected chi connectivity index (χ1v) is 5.88. The average Bonchev–Trinajstić information content (AvgIpc) is 2.50. The van der Waals surface area contributed by atoms with E-state index in [1.54, 1.807) is 11.3 Å². The maximum atomic E-state index is 11.5. The van der Waals surface area contributed by atoms with Crippen molar-refractivity contribution < 1.29 is 4.79 Å². The number of hydrogen-bond acceptors (Lipinski definition) is 3. The SMILES string of the molecule is CCc1ncc(CC(=O)CC(C)C)s1. The van der Waals surface area contributed by atoms with E-state index in [1.807, 2.05) is 6.20 Å². The summed E-state index contributed by atoms with van der Waals surface area (Å²) in [5.74, 6) is 0.785. The smallest absolute Gasteiger partial charge is 0.138 e. The molecule has 0 fully saturated rings. The predicted octanol–water partition coefficient (Wildman–Crippen LogP) is 2.86. The van der Waals surface area contributed by atoms with Crippen molar-refractivity contribution in [3.8, 4) is 0 Å². The quantitative estimate of drug-likeness (QED) is 0.749. The molecule has 0 aliphatic rings. The second kappa shape index (κ2) is 5.25. The monoisotopic (exact) mass is 211 g/mol. The van der Waals surface area contributed by atoms with Crippen molar-refractivity contribution in [1.82, 2.24) is 4.98 Å². The van der Waals surface area contributed by atoms with Crippen molar-refractivity contribution in [2.45, 2.75) is 40.0 Å². The molecule has 2 nitrogen and oxygen atoms in total. The third-order valence-corrected chi connectivity index (χ3v) is 3.05. The zero-order chi connectivity index (χ0) is 10.6. The Hall–Kier alpha value is -0.700. The highest BCUT2D eigenvalue weighted by Gasteiger charge is 2.08. The lowest BCUT2D eigenvalue weighted by Gasteiger charge is -2.01. The molecule has 0 spiro atoms. The van der Waals surface area contributed by atoms with Gasteiger partial charge in [-0.2, -0.15) is 0 Å². The molecule has 0 aliphatic heterocycles. The maximum absolute atomic E-state index is 11.5. The number of thiazole rings is 1. The van der Waals surface area contributed by atoms with Gasteiger partial charge in [-0.25, -0.2) is 4.98 Å². The van der Waals surface area contributed by atoms with Gasteiger partial charge in [0.2, 0.25) is 0 Å². The highest BCUT2D eigenvalue weighted by molar-refractivity contribution is 7.11. The molecule has 78 valence electrons. The first kappa shape index (κ1) is 11.4. The number of carbonyl (C=O) groups excluding carboxylic acids is 1. The Bertz CT molecular complexity index is 304. The molecule has 14 heavy (non-hydrogen) atoms. The van der Waals surface area contributed by atoms with E-state index in [4.69, 9.17) is 0 Å². The highest BCUT2D eigenvalue weighted by Crippen LogP contribution is 2.15. The Kier molecular flexibility index (Phi) is 4.26. The predicted molar refractivity (Wildman–Crippen MR) is 59.7 cm³/mol. The number of aryl methyl sites for hydroxylation is 1. The van der Waals surface area contributed by atoms with Crippen LogP contribution in [0.5, 0.6) is 0 Å². The van der Waals surface area contributed by atoms with E-state index in [1.165, 1.54) is 0 Å². The van der Waals surface area contributed by atoms with Gasteiger partial charge in [-0.15, -0.1) is 11.3 Å². The number of carbonyl (C=O) groups is 1. The summed E-state index contributed by atoms with van der Waals surface area (Å²) >= 11 is 1.66. The van der Waals surface area contributed by atoms with Crippen LogP contribution in [0.25, 0.3) is 0 Å². The van der Waals surface area contributed by atoms with Crippen LogP contribution in [0.1, 0.15) is 37.1 Å². The van der Waals surface area contributed by atoms with Crippen molar-refractivity contribution in [1.29, 1.82) is 0 Å². The molecule has 0 amide bonds. The van der Waals surface area contributed by atoms with E-state index >= 15 is 0 Å². The van der Waals surface area contributed by atoms with Gasteiger partial charge in [0.1, 0.15) is 5.78 Å². The summed E-state index contributed by atoms with van der Waals surface area (Å²) in [4.78, 5) is 16.8. The topological polar surface area (TPSA) is 30.0 Å². The summed E-state index contributed by atoms with van der Waals surface area (Å²) in [7, 11) is 0. The number of Topliss-reactive ketones (excluding diaryl/α,β-unsaturated/α-hetero) is 1. The minimum Gasteiger partial charge on any atom is -0.299 e. The van der Waals surface area contributed by atoms with Gasteiger partial charge in [-0.3, -0.25) is 4.79 Å². The van der Waals surface area contributed by atoms with Crippen molar-refractivity contribution >= 4 is 17.1 Å². The molecule has 0 N–H and O–H groups in total. The van der Waals surface area contributed by atoms with Crippen molar-refractivity contribution in [3.05, 3.63) is 16.1 Å². The molecule has 1 heterocycles. The zero-order valence-corrected chi connectivity index (χ0v) is 9.86. The molecule has 1 rings (SSSR count). The van der Waals surface area contributed by atoms with E-state index in [0.717, 1.165) is 16.3 Å². The Labute approximate surface area is 89.4 Å². The van der Waals surface area contributed by atoms with Crippen molar-refractivity contribution in [3.63, 3.8) is 0 Å². The van der Waals surface area contributed by atoms with E-state index in [9.17, 15) is 4.79 Å².